The summed E-state index contributed by atoms with van der Waals surface area (Å²) in [6, 6.07) is 7.59. The lowest BCUT2D eigenvalue weighted by atomic mass is 10.1. The van der Waals surface area contributed by atoms with E-state index in [2.05, 4.69) is 10.6 Å². The number of thiocarbonyl (C=S) groups is 1. The third kappa shape index (κ3) is 3.66. The molecule has 0 aliphatic heterocycles. The molecule has 0 aliphatic rings. The molecule has 124 valence electrons. The molecule has 3 aromatic heterocycles. The second kappa shape index (κ2) is 7.61. The highest BCUT2D eigenvalue weighted by atomic mass is 32.1. The zero-order valence-electron chi connectivity index (χ0n) is 12.7. The Labute approximate surface area is 152 Å². The quantitative estimate of drug-likeness (QED) is 0.509. The Balaban J connectivity index is 1.77. The number of hydrogen-bond donors (Lipinski definition) is 2. The van der Waals surface area contributed by atoms with Crippen molar-refractivity contribution in [3.05, 3.63) is 52.6 Å². The number of nitrogens with one attached hydrogen (secondary N) is 2. The van der Waals surface area contributed by atoms with Gasteiger partial charge in [0, 0.05) is 15.8 Å². The molecule has 0 spiro atoms. The van der Waals surface area contributed by atoms with Crippen molar-refractivity contribution in [1.82, 2.24) is 5.32 Å². The minimum atomic E-state index is -0.393. The van der Waals surface area contributed by atoms with Crippen LogP contribution >= 0.6 is 34.9 Å². The van der Waals surface area contributed by atoms with Crippen LogP contribution in [0.3, 0.4) is 0 Å². The molecule has 0 bridgehead atoms. The zero-order chi connectivity index (χ0) is 16.9. The monoisotopic (exact) mass is 378 g/mol. The van der Waals surface area contributed by atoms with Crippen LogP contribution in [-0.4, -0.2) is 18.2 Å². The number of rotatable bonds is 5. The van der Waals surface area contributed by atoms with Crippen LogP contribution < -0.4 is 10.6 Å². The lowest BCUT2D eigenvalue weighted by Gasteiger charge is -2.10. The standard InChI is InChI=1S/C16H14N2O3S3/c1-20-15(19)13-11(12-5-3-7-23-12)9-24-14(13)18-16(22)17-8-10-4-2-6-21-10/h2-7,9H,8H2,1H3,(H2,17,18,22). The van der Waals surface area contributed by atoms with Crippen molar-refractivity contribution in [2.45, 2.75) is 6.54 Å². The number of esters is 1. The Bertz CT molecular complexity index is 823. The van der Waals surface area contributed by atoms with E-state index in [4.69, 9.17) is 21.4 Å². The van der Waals surface area contributed by atoms with Gasteiger partial charge in [0.2, 0.25) is 0 Å². The molecule has 3 rings (SSSR count). The Kier molecular flexibility index (Phi) is 5.29. The van der Waals surface area contributed by atoms with Gasteiger partial charge in [0.15, 0.2) is 5.11 Å². The van der Waals surface area contributed by atoms with E-state index in [0.717, 1.165) is 16.2 Å². The van der Waals surface area contributed by atoms with Crippen molar-refractivity contribution in [3.8, 4) is 10.4 Å². The summed E-state index contributed by atoms with van der Waals surface area (Å²) in [5, 5.41) is 11.1. The van der Waals surface area contributed by atoms with Crippen molar-refractivity contribution >= 4 is 51.0 Å². The molecular weight excluding hydrogens is 364 g/mol. The molecule has 0 saturated carbocycles. The first-order valence-corrected chi connectivity index (χ1v) is 9.16. The number of furan rings is 1. The number of methoxy groups -OCH3 is 1. The van der Waals surface area contributed by atoms with Crippen LogP contribution in [0, 0.1) is 0 Å². The van der Waals surface area contributed by atoms with Gasteiger partial charge in [-0.05, 0) is 35.8 Å². The predicted octanol–water partition coefficient (Wildman–Crippen LogP) is 4.34. The number of ether oxygens (including phenoxy) is 1. The van der Waals surface area contributed by atoms with E-state index < -0.39 is 5.97 Å². The van der Waals surface area contributed by atoms with Crippen LogP contribution in [0.15, 0.2) is 45.7 Å². The maximum absolute atomic E-state index is 12.2. The Morgan fingerprint density at radius 2 is 2.21 bits per heavy atom. The first-order valence-electron chi connectivity index (χ1n) is 7.00. The fourth-order valence-electron chi connectivity index (χ4n) is 2.10. The van der Waals surface area contributed by atoms with Gasteiger partial charge < -0.3 is 19.8 Å². The minimum absolute atomic E-state index is 0.393. The Morgan fingerprint density at radius 3 is 2.88 bits per heavy atom. The van der Waals surface area contributed by atoms with Gasteiger partial charge in [0.1, 0.15) is 16.3 Å². The summed E-state index contributed by atoms with van der Waals surface area (Å²) >= 11 is 8.28. The molecule has 0 atom stereocenters. The molecule has 0 amide bonds. The first kappa shape index (κ1) is 16.7. The third-order valence-corrected chi connectivity index (χ3v) is 5.24. The highest BCUT2D eigenvalue weighted by Gasteiger charge is 2.22. The SMILES string of the molecule is COC(=O)c1c(-c2cccs2)csc1NC(=S)NCc1ccco1. The fourth-order valence-corrected chi connectivity index (χ4v) is 4.11. The Morgan fingerprint density at radius 1 is 1.33 bits per heavy atom. The average Bonchev–Trinajstić information content (AvgIpc) is 3.32. The van der Waals surface area contributed by atoms with Crippen LogP contribution in [0.1, 0.15) is 16.1 Å². The molecule has 2 N–H and O–H groups in total. The lowest BCUT2D eigenvalue weighted by Crippen LogP contribution is -2.28. The van der Waals surface area contributed by atoms with Crippen LogP contribution in [-0.2, 0) is 11.3 Å². The van der Waals surface area contributed by atoms with Gasteiger partial charge in [0.25, 0.3) is 0 Å². The smallest absolute Gasteiger partial charge is 0.341 e. The minimum Gasteiger partial charge on any atom is -0.467 e. The molecule has 0 aliphatic carbocycles. The van der Waals surface area contributed by atoms with Gasteiger partial charge >= 0.3 is 5.97 Å². The van der Waals surface area contributed by atoms with Gasteiger partial charge in [0.05, 0.1) is 19.9 Å². The predicted molar refractivity (Wildman–Crippen MR) is 101 cm³/mol. The molecule has 0 unspecified atom stereocenters. The van der Waals surface area contributed by atoms with Gasteiger partial charge in [-0.3, -0.25) is 0 Å². The summed E-state index contributed by atoms with van der Waals surface area (Å²) in [6.07, 6.45) is 1.61. The summed E-state index contributed by atoms with van der Waals surface area (Å²) in [4.78, 5) is 13.2. The van der Waals surface area contributed by atoms with Gasteiger partial charge in [-0.15, -0.1) is 22.7 Å². The van der Waals surface area contributed by atoms with Gasteiger partial charge in [-0.2, -0.15) is 0 Å². The molecule has 0 fully saturated rings. The number of thiophene rings is 2. The zero-order valence-corrected chi connectivity index (χ0v) is 15.1. The van der Waals surface area contributed by atoms with Gasteiger partial charge in [-0.1, -0.05) is 6.07 Å². The summed E-state index contributed by atoms with van der Waals surface area (Å²) in [6.45, 7) is 0.468. The number of carbonyl (C=O) groups is 1. The largest absolute Gasteiger partial charge is 0.467 e. The van der Waals surface area contributed by atoms with E-state index in [-0.39, 0.29) is 0 Å². The molecule has 0 aromatic carbocycles. The normalized spacial score (nSPS) is 10.4. The first-order chi connectivity index (χ1) is 11.7. The topological polar surface area (TPSA) is 63.5 Å². The van der Waals surface area contributed by atoms with Crippen molar-refractivity contribution < 1.29 is 13.9 Å². The number of hydrogen-bond acceptors (Lipinski definition) is 6. The van der Waals surface area contributed by atoms with Crippen molar-refractivity contribution in [2.75, 3.05) is 12.4 Å². The second-order valence-electron chi connectivity index (χ2n) is 4.71. The maximum atomic E-state index is 12.2. The summed E-state index contributed by atoms with van der Waals surface area (Å²) in [5.74, 6) is 0.383. The number of anilines is 1. The van der Waals surface area contributed by atoms with E-state index in [1.807, 2.05) is 35.0 Å². The number of carbonyl (C=O) groups excluding carboxylic acids is 1. The fraction of sp³-hybridized carbons (Fsp3) is 0.125. The van der Waals surface area contributed by atoms with Crippen molar-refractivity contribution in [2.24, 2.45) is 0 Å². The van der Waals surface area contributed by atoms with Crippen molar-refractivity contribution in [3.63, 3.8) is 0 Å². The molecule has 5 nitrogen and oxygen atoms in total. The molecule has 0 saturated heterocycles. The molecule has 3 heterocycles. The summed E-state index contributed by atoms with van der Waals surface area (Å²) in [7, 11) is 1.37. The molecule has 0 radical (unpaired) electrons. The third-order valence-electron chi connectivity index (χ3n) is 3.20. The average molecular weight is 379 g/mol. The lowest BCUT2D eigenvalue weighted by molar-refractivity contribution is 0.0603. The summed E-state index contributed by atoms with van der Waals surface area (Å²) in [5.41, 5.74) is 1.34. The van der Waals surface area contributed by atoms with Crippen LogP contribution in [0.4, 0.5) is 5.00 Å². The van der Waals surface area contributed by atoms with E-state index in [0.29, 0.717) is 22.2 Å². The van der Waals surface area contributed by atoms with E-state index >= 15 is 0 Å². The summed E-state index contributed by atoms with van der Waals surface area (Å²) < 4.78 is 10.2. The van der Waals surface area contributed by atoms with Crippen LogP contribution in [0.25, 0.3) is 10.4 Å². The van der Waals surface area contributed by atoms with Crippen LogP contribution in [0.5, 0.6) is 0 Å². The molecular formula is C16H14N2O3S3. The van der Waals surface area contributed by atoms with E-state index in [1.54, 1.807) is 17.6 Å². The molecule has 3 aromatic rings. The van der Waals surface area contributed by atoms with E-state index in [1.165, 1.54) is 18.4 Å². The van der Waals surface area contributed by atoms with Gasteiger partial charge in [-0.25, -0.2) is 4.79 Å². The van der Waals surface area contributed by atoms with Crippen molar-refractivity contribution in [1.29, 1.82) is 0 Å². The highest BCUT2D eigenvalue weighted by molar-refractivity contribution is 7.80. The van der Waals surface area contributed by atoms with Crippen LogP contribution in [0.2, 0.25) is 0 Å². The van der Waals surface area contributed by atoms with E-state index in [9.17, 15) is 4.79 Å². The highest BCUT2D eigenvalue weighted by Crippen LogP contribution is 2.38. The maximum Gasteiger partial charge on any atom is 0.341 e. The Hall–Kier alpha value is -2.16. The second-order valence-corrected chi connectivity index (χ2v) is 6.95. The molecule has 24 heavy (non-hydrogen) atoms. The molecule has 8 heteroatoms.